The number of nitrogens with zero attached hydrogens (tertiary/aromatic N) is 2. The summed E-state index contributed by atoms with van der Waals surface area (Å²) in [6.07, 6.45) is 2.22. The highest BCUT2D eigenvalue weighted by Gasteiger charge is 2.18. The van der Waals surface area contributed by atoms with Crippen molar-refractivity contribution in [1.82, 2.24) is 14.6 Å². The molecule has 0 spiro atoms. The van der Waals surface area contributed by atoms with E-state index in [1.54, 1.807) is 6.07 Å². The van der Waals surface area contributed by atoms with Crippen LogP contribution in [0.25, 0.3) is 0 Å². The van der Waals surface area contributed by atoms with Crippen molar-refractivity contribution < 1.29 is 13.2 Å². The van der Waals surface area contributed by atoms with Crippen molar-refractivity contribution in [3.63, 3.8) is 0 Å². The summed E-state index contributed by atoms with van der Waals surface area (Å²) >= 11 is 0. The molecule has 1 aromatic heterocycles. The van der Waals surface area contributed by atoms with E-state index >= 15 is 0 Å². The number of hydrogen-bond acceptors (Lipinski definition) is 7. The van der Waals surface area contributed by atoms with Gasteiger partial charge >= 0.3 is 0 Å². The van der Waals surface area contributed by atoms with E-state index in [1.807, 2.05) is 0 Å². The number of aromatic nitrogens is 1. The zero-order valence-electron chi connectivity index (χ0n) is 11.8. The Morgan fingerprint density at radius 3 is 2.86 bits per heavy atom. The van der Waals surface area contributed by atoms with Crippen LogP contribution in [0, 0.1) is 0 Å². The van der Waals surface area contributed by atoms with Crippen molar-refractivity contribution in [2.45, 2.75) is 11.3 Å². The Bertz CT molecular complexity index is 546. The highest BCUT2D eigenvalue weighted by molar-refractivity contribution is 7.89. The molecule has 8 nitrogen and oxygen atoms in total. The molecule has 4 N–H and O–H groups in total. The number of anilines is 1. The van der Waals surface area contributed by atoms with Gasteiger partial charge in [0, 0.05) is 25.8 Å². The maximum Gasteiger partial charge on any atom is 0.244 e. The lowest BCUT2D eigenvalue weighted by Crippen LogP contribution is -2.38. The fourth-order valence-electron chi connectivity index (χ4n) is 2.13. The van der Waals surface area contributed by atoms with Gasteiger partial charge in [0.05, 0.1) is 13.2 Å². The number of nitrogens with one attached hydrogen (secondary N) is 2. The number of pyridine rings is 1. The van der Waals surface area contributed by atoms with E-state index in [0.717, 1.165) is 39.3 Å². The lowest BCUT2D eigenvalue weighted by atomic mass is 10.3. The van der Waals surface area contributed by atoms with Gasteiger partial charge in [-0.3, -0.25) is 4.90 Å². The minimum atomic E-state index is -3.60. The second-order valence-electron chi connectivity index (χ2n) is 4.70. The SMILES string of the molecule is NNc1ncccc1S(=O)(=O)NCCCN1CCOCC1. The van der Waals surface area contributed by atoms with Crippen LogP contribution in [0.1, 0.15) is 6.42 Å². The smallest absolute Gasteiger partial charge is 0.244 e. The fourth-order valence-corrected chi connectivity index (χ4v) is 3.32. The standard InChI is InChI=1S/C12H21N5O3S/c13-16-12-11(3-1-4-14-12)21(18,19)15-5-2-6-17-7-9-20-10-8-17/h1,3-4,15H,2,5-10,13H2,(H,14,16). The third-order valence-corrected chi connectivity index (χ3v) is 4.74. The molecule has 0 amide bonds. The van der Waals surface area contributed by atoms with Crippen molar-refractivity contribution in [1.29, 1.82) is 0 Å². The molecule has 0 saturated carbocycles. The molecule has 2 rings (SSSR count). The minimum absolute atomic E-state index is 0.0545. The first kappa shape index (κ1) is 16.1. The van der Waals surface area contributed by atoms with E-state index in [1.165, 1.54) is 12.3 Å². The molecule has 0 bridgehead atoms. The Morgan fingerprint density at radius 2 is 2.14 bits per heavy atom. The predicted octanol–water partition coefficient (Wildman–Crippen LogP) is -0.632. The second kappa shape index (κ2) is 7.66. The third-order valence-electron chi connectivity index (χ3n) is 3.24. The zero-order chi connectivity index (χ0) is 15.1. The Kier molecular flexibility index (Phi) is 5.88. The minimum Gasteiger partial charge on any atom is -0.379 e. The molecule has 0 radical (unpaired) electrons. The van der Waals surface area contributed by atoms with E-state index in [-0.39, 0.29) is 10.7 Å². The highest BCUT2D eigenvalue weighted by atomic mass is 32.2. The number of rotatable bonds is 7. The van der Waals surface area contributed by atoms with Crippen molar-refractivity contribution in [2.24, 2.45) is 5.84 Å². The maximum atomic E-state index is 12.2. The van der Waals surface area contributed by atoms with Gasteiger partial charge in [-0.15, -0.1) is 0 Å². The average molecular weight is 315 g/mol. The van der Waals surface area contributed by atoms with E-state index in [2.05, 4.69) is 20.0 Å². The summed E-state index contributed by atoms with van der Waals surface area (Å²) in [5.74, 6) is 5.41. The molecule has 118 valence electrons. The predicted molar refractivity (Wildman–Crippen MR) is 79.1 cm³/mol. The Hall–Kier alpha value is -1.26. The van der Waals surface area contributed by atoms with Crippen LogP contribution in [0.15, 0.2) is 23.2 Å². The summed E-state index contributed by atoms with van der Waals surface area (Å²) in [7, 11) is -3.60. The normalized spacial score (nSPS) is 16.8. The van der Waals surface area contributed by atoms with E-state index in [4.69, 9.17) is 10.6 Å². The molecule has 21 heavy (non-hydrogen) atoms. The number of morpholine rings is 1. The number of hydrazine groups is 1. The number of nitrogen functional groups attached to an aromatic ring is 1. The Balaban J connectivity index is 1.83. The maximum absolute atomic E-state index is 12.2. The molecule has 1 aliphatic heterocycles. The van der Waals surface area contributed by atoms with Crippen LogP contribution in [0.4, 0.5) is 5.82 Å². The number of nitrogens with two attached hydrogens (primary N) is 1. The van der Waals surface area contributed by atoms with Crippen molar-refractivity contribution in [3.05, 3.63) is 18.3 Å². The monoisotopic (exact) mass is 315 g/mol. The van der Waals surface area contributed by atoms with E-state index in [9.17, 15) is 8.42 Å². The van der Waals surface area contributed by atoms with Crippen molar-refractivity contribution in [2.75, 3.05) is 44.8 Å². The summed E-state index contributed by atoms with van der Waals surface area (Å²) in [4.78, 5) is 6.20. The van der Waals surface area contributed by atoms with Gasteiger partial charge in [-0.2, -0.15) is 0 Å². The second-order valence-corrected chi connectivity index (χ2v) is 6.44. The third kappa shape index (κ3) is 4.61. The summed E-state index contributed by atoms with van der Waals surface area (Å²) in [5, 5.41) is 0. The molecule has 1 saturated heterocycles. The lowest BCUT2D eigenvalue weighted by molar-refractivity contribution is 0.0376. The van der Waals surface area contributed by atoms with Gasteiger partial charge < -0.3 is 10.2 Å². The highest BCUT2D eigenvalue weighted by Crippen LogP contribution is 2.16. The van der Waals surface area contributed by atoms with Crippen molar-refractivity contribution >= 4 is 15.8 Å². The largest absolute Gasteiger partial charge is 0.379 e. The Labute approximate surface area is 124 Å². The van der Waals surface area contributed by atoms with Gasteiger partial charge in [0.1, 0.15) is 4.90 Å². The molecular formula is C12H21N5O3S. The molecule has 1 aliphatic rings. The number of sulfonamides is 1. The number of hydrogen-bond donors (Lipinski definition) is 3. The van der Waals surface area contributed by atoms with E-state index < -0.39 is 10.0 Å². The molecule has 0 atom stereocenters. The summed E-state index contributed by atoms with van der Waals surface area (Å²) < 4.78 is 32.2. The van der Waals surface area contributed by atoms with Crippen LogP contribution in [0.3, 0.4) is 0 Å². The first-order chi connectivity index (χ1) is 10.1. The molecule has 9 heteroatoms. The fraction of sp³-hybridized carbons (Fsp3) is 0.583. The van der Waals surface area contributed by atoms with Gasteiger partial charge in [0.15, 0.2) is 5.82 Å². The van der Waals surface area contributed by atoms with Gasteiger partial charge in [-0.05, 0) is 25.1 Å². The molecule has 0 unspecified atom stereocenters. The van der Waals surface area contributed by atoms with E-state index in [0.29, 0.717) is 6.54 Å². The summed E-state index contributed by atoms with van der Waals surface area (Å²) in [5.41, 5.74) is 2.29. The molecular weight excluding hydrogens is 294 g/mol. The van der Waals surface area contributed by atoms with Crippen LogP contribution in [0.5, 0.6) is 0 Å². The summed E-state index contributed by atoms with van der Waals surface area (Å²) in [6, 6.07) is 3.02. The lowest BCUT2D eigenvalue weighted by Gasteiger charge is -2.26. The van der Waals surface area contributed by atoms with Crippen LogP contribution in [-0.4, -0.2) is 57.7 Å². The summed E-state index contributed by atoms with van der Waals surface area (Å²) in [6.45, 7) is 4.51. The number of ether oxygens (including phenoxy) is 1. The first-order valence-corrected chi connectivity index (χ1v) is 8.33. The molecule has 1 aromatic rings. The topological polar surface area (TPSA) is 110 Å². The molecule has 0 aromatic carbocycles. The molecule has 2 heterocycles. The Morgan fingerprint density at radius 1 is 1.38 bits per heavy atom. The van der Waals surface area contributed by atoms with Crippen LogP contribution in [-0.2, 0) is 14.8 Å². The van der Waals surface area contributed by atoms with Crippen molar-refractivity contribution in [3.8, 4) is 0 Å². The average Bonchev–Trinajstić information content (AvgIpc) is 2.52. The zero-order valence-corrected chi connectivity index (χ0v) is 12.6. The van der Waals surface area contributed by atoms with Gasteiger partial charge in [0.25, 0.3) is 0 Å². The van der Waals surface area contributed by atoms with Gasteiger partial charge in [0.2, 0.25) is 10.0 Å². The molecule has 1 fully saturated rings. The van der Waals surface area contributed by atoms with Gasteiger partial charge in [-0.1, -0.05) is 0 Å². The van der Waals surface area contributed by atoms with Crippen LogP contribution in [0.2, 0.25) is 0 Å². The first-order valence-electron chi connectivity index (χ1n) is 6.85. The van der Waals surface area contributed by atoms with Gasteiger partial charge in [-0.25, -0.2) is 24.0 Å². The van der Waals surface area contributed by atoms with Crippen LogP contribution >= 0.6 is 0 Å². The molecule has 0 aliphatic carbocycles. The quantitative estimate of drug-likeness (QED) is 0.349. The van der Waals surface area contributed by atoms with Crippen LogP contribution < -0.4 is 16.0 Å².